The van der Waals surface area contributed by atoms with Gasteiger partial charge < -0.3 is 15.2 Å². The number of aryl methyl sites for hydroxylation is 2. The monoisotopic (exact) mass is 291 g/mol. The van der Waals surface area contributed by atoms with Gasteiger partial charge in [-0.3, -0.25) is 0 Å². The molecule has 0 spiro atoms. The summed E-state index contributed by atoms with van der Waals surface area (Å²) in [5.74, 6) is 0.901. The summed E-state index contributed by atoms with van der Waals surface area (Å²) in [6.07, 6.45) is 3.20. The van der Waals surface area contributed by atoms with E-state index in [4.69, 9.17) is 4.74 Å². The van der Waals surface area contributed by atoms with E-state index < -0.39 is 6.10 Å². The van der Waals surface area contributed by atoms with Gasteiger partial charge >= 0.3 is 0 Å². The molecule has 1 aliphatic rings. The molecule has 3 nitrogen and oxygen atoms in total. The van der Waals surface area contributed by atoms with E-state index in [9.17, 15) is 5.11 Å². The Morgan fingerprint density at radius 2 is 2.00 bits per heavy atom. The molecular weight excluding hydrogens is 262 g/mol. The summed E-state index contributed by atoms with van der Waals surface area (Å²) in [4.78, 5) is 0. The Morgan fingerprint density at radius 1 is 1.33 bits per heavy atom. The zero-order chi connectivity index (χ0) is 15.5. The molecule has 1 aromatic carbocycles. The molecule has 0 saturated heterocycles. The fourth-order valence-electron chi connectivity index (χ4n) is 3.18. The predicted octanol–water partition coefficient (Wildman–Crippen LogP) is 3.21. The molecule has 0 radical (unpaired) electrons. The first kappa shape index (κ1) is 16.3. The van der Waals surface area contributed by atoms with E-state index in [1.165, 1.54) is 19.3 Å². The van der Waals surface area contributed by atoms with Crippen LogP contribution in [0.3, 0.4) is 0 Å². The van der Waals surface area contributed by atoms with Gasteiger partial charge in [0, 0.05) is 12.6 Å². The zero-order valence-corrected chi connectivity index (χ0v) is 13.8. The van der Waals surface area contributed by atoms with Gasteiger partial charge in [-0.1, -0.05) is 32.0 Å². The van der Waals surface area contributed by atoms with Crippen LogP contribution >= 0.6 is 0 Å². The second-order valence-electron chi connectivity index (χ2n) is 7.20. The normalized spacial score (nSPS) is 22.2. The predicted molar refractivity (Wildman–Crippen MR) is 86.8 cm³/mol. The van der Waals surface area contributed by atoms with Gasteiger partial charge in [0.25, 0.3) is 0 Å². The first-order chi connectivity index (χ1) is 9.87. The van der Waals surface area contributed by atoms with Crippen LogP contribution in [0.4, 0.5) is 0 Å². The van der Waals surface area contributed by atoms with E-state index in [-0.39, 0.29) is 0 Å². The lowest BCUT2D eigenvalue weighted by molar-refractivity contribution is 0.102. The molecule has 2 atom stereocenters. The summed E-state index contributed by atoms with van der Waals surface area (Å²) in [5.41, 5.74) is 2.68. The van der Waals surface area contributed by atoms with Crippen molar-refractivity contribution in [2.75, 3.05) is 13.2 Å². The summed E-state index contributed by atoms with van der Waals surface area (Å²) in [6, 6.07) is 6.63. The fraction of sp³-hybridized carbons (Fsp3) is 0.667. The lowest BCUT2D eigenvalue weighted by atomic mass is 9.92. The number of aliphatic hydroxyl groups excluding tert-OH is 1. The molecule has 1 saturated carbocycles. The minimum absolute atomic E-state index is 0.342. The Hall–Kier alpha value is -1.06. The van der Waals surface area contributed by atoms with Crippen LogP contribution in [-0.2, 0) is 0 Å². The second-order valence-corrected chi connectivity index (χ2v) is 7.20. The molecule has 2 unspecified atom stereocenters. The Balaban J connectivity index is 1.74. The fourth-order valence-corrected chi connectivity index (χ4v) is 3.18. The smallest absolute Gasteiger partial charge is 0.125 e. The molecular formula is C18H29NO2. The van der Waals surface area contributed by atoms with Crippen LogP contribution in [0.1, 0.15) is 44.2 Å². The van der Waals surface area contributed by atoms with Crippen LogP contribution in [0.5, 0.6) is 5.75 Å². The molecule has 1 aliphatic carbocycles. The van der Waals surface area contributed by atoms with Crippen LogP contribution in [0, 0.1) is 19.3 Å². The van der Waals surface area contributed by atoms with Crippen molar-refractivity contribution in [3.63, 3.8) is 0 Å². The van der Waals surface area contributed by atoms with Gasteiger partial charge in [0.1, 0.15) is 18.5 Å². The maximum Gasteiger partial charge on any atom is 0.125 e. The molecule has 0 heterocycles. The van der Waals surface area contributed by atoms with Gasteiger partial charge in [-0.05, 0) is 49.7 Å². The molecule has 0 amide bonds. The van der Waals surface area contributed by atoms with Gasteiger partial charge in [-0.2, -0.15) is 0 Å². The van der Waals surface area contributed by atoms with Crippen LogP contribution in [0.2, 0.25) is 0 Å². The average molecular weight is 291 g/mol. The van der Waals surface area contributed by atoms with Crippen LogP contribution in [0.25, 0.3) is 0 Å². The number of nitrogens with one attached hydrogen (secondary N) is 1. The van der Waals surface area contributed by atoms with Crippen molar-refractivity contribution in [2.45, 2.75) is 59.1 Å². The van der Waals surface area contributed by atoms with Gasteiger partial charge in [0.2, 0.25) is 0 Å². The number of benzene rings is 1. The first-order valence-electron chi connectivity index (χ1n) is 7.98. The second kappa shape index (κ2) is 6.80. The highest BCUT2D eigenvalue weighted by molar-refractivity contribution is 5.39. The topological polar surface area (TPSA) is 41.5 Å². The maximum absolute atomic E-state index is 10.1. The number of para-hydroxylation sites is 1. The number of rotatable bonds is 6. The Labute approximate surface area is 128 Å². The van der Waals surface area contributed by atoms with Crippen molar-refractivity contribution in [1.29, 1.82) is 0 Å². The third kappa shape index (κ3) is 4.72. The molecule has 1 aromatic rings. The number of ether oxygens (including phenoxy) is 1. The summed E-state index contributed by atoms with van der Waals surface area (Å²) in [7, 11) is 0. The summed E-state index contributed by atoms with van der Waals surface area (Å²) >= 11 is 0. The minimum Gasteiger partial charge on any atom is -0.490 e. The maximum atomic E-state index is 10.1. The van der Waals surface area contributed by atoms with E-state index in [1.54, 1.807) is 0 Å². The third-order valence-electron chi connectivity index (χ3n) is 4.44. The van der Waals surface area contributed by atoms with E-state index in [0.29, 0.717) is 24.6 Å². The highest BCUT2D eigenvalue weighted by Gasteiger charge is 2.30. The van der Waals surface area contributed by atoms with Crippen molar-refractivity contribution in [3.05, 3.63) is 29.3 Å². The standard InChI is InChI=1S/C18H29NO2/c1-13-6-5-7-14(2)17(13)21-12-16(20)11-19-15-8-9-18(3,4)10-15/h5-7,15-16,19-20H,8-12H2,1-4H3. The molecule has 2 rings (SSSR count). The number of aliphatic hydroxyl groups is 1. The van der Waals surface area contributed by atoms with Crippen molar-refractivity contribution in [3.8, 4) is 5.75 Å². The molecule has 21 heavy (non-hydrogen) atoms. The summed E-state index contributed by atoms with van der Waals surface area (Å²) in [6.45, 7) is 9.64. The lowest BCUT2D eigenvalue weighted by Gasteiger charge is -2.20. The van der Waals surface area contributed by atoms with Crippen molar-refractivity contribution in [1.82, 2.24) is 5.32 Å². The Kier molecular flexibility index (Phi) is 5.28. The lowest BCUT2D eigenvalue weighted by Crippen LogP contribution is -2.37. The van der Waals surface area contributed by atoms with Gasteiger partial charge in [-0.15, -0.1) is 0 Å². The van der Waals surface area contributed by atoms with Gasteiger partial charge in [0.15, 0.2) is 0 Å². The SMILES string of the molecule is Cc1cccc(C)c1OCC(O)CNC1CCC(C)(C)C1. The number of hydrogen-bond acceptors (Lipinski definition) is 3. The zero-order valence-electron chi connectivity index (χ0n) is 13.8. The van der Waals surface area contributed by atoms with E-state index in [1.807, 2.05) is 32.0 Å². The Morgan fingerprint density at radius 3 is 2.57 bits per heavy atom. The summed E-state index contributed by atoms with van der Waals surface area (Å²) < 4.78 is 5.80. The molecule has 0 bridgehead atoms. The van der Waals surface area contributed by atoms with Crippen molar-refractivity contribution < 1.29 is 9.84 Å². The van der Waals surface area contributed by atoms with Gasteiger partial charge in [-0.25, -0.2) is 0 Å². The first-order valence-corrected chi connectivity index (χ1v) is 7.98. The summed E-state index contributed by atoms with van der Waals surface area (Å²) in [5, 5.41) is 13.6. The molecule has 0 aliphatic heterocycles. The van der Waals surface area contributed by atoms with E-state index in [2.05, 4.69) is 19.2 Å². The largest absolute Gasteiger partial charge is 0.490 e. The minimum atomic E-state index is -0.465. The molecule has 118 valence electrons. The van der Waals surface area contributed by atoms with Crippen LogP contribution < -0.4 is 10.1 Å². The van der Waals surface area contributed by atoms with Crippen molar-refractivity contribution in [2.24, 2.45) is 5.41 Å². The Bertz CT molecular complexity index is 450. The quantitative estimate of drug-likeness (QED) is 0.845. The van der Waals surface area contributed by atoms with E-state index >= 15 is 0 Å². The highest BCUT2D eigenvalue weighted by atomic mass is 16.5. The molecule has 3 heteroatoms. The molecule has 0 aromatic heterocycles. The molecule has 1 fully saturated rings. The van der Waals surface area contributed by atoms with Crippen molar-refractivity contribution >= 4 is 0 Å². The van der Waals surface area contributed by atoms with Crippen LogP contribution in [-0.4, -0.2) is 30.4 Å². The highest BCUT2D eigenvalue weighted by Crippen LogP contribution is 2.36. The third-order valence-corrected chi connectivity index (χ3v) is 4.44. The average Bonchev–Trinajstić information content (AvgIpc) is 2.75. The van der Waals surface area contributed by atoms with Crippen LogP contribution in [0.15, 0.2) is 18.2 Å². The number of hydrogen-bond donors (Lipinski definition) is 2. The molecule has 2 N–H and O–H groups in total. The van der Waals surface area contributed by atoms with E-state index in [0.717, 1.165) is 16.9 Å². The van der Waals surface area contributed by atoms with Gasteiger partial charge in [0.05, 0.1) is 0 Å².